The largest absolute Gasteiger partial charge is 0.454 e. The second kappa shape index (κ2) is 9.59. The van der Waals surface area contributed by atoms with Crippen molar-refractivity contribution in [1.82, 2.24) is 0 Å². The fourth-order valence-electron chi connectivity index (χ4n) is 6.51. The molecule has 3 heteroatoms. The van der Waals surface area contributed by atoms with Crippen LogP contribution in [-0.2, 0) is 0 Å². The van der Waals surface area contributed by atoms with Crippen LogP contribution in [0.1, 0.15) is 0 Å². The predicted molar refractivity (Wildman–Crippen MR) is 184 cm³/mol. The van der Waals surface area contributed by atoms with E-state index in [1.54, 1.807) is 0 Å². The van der Waals surface area contributed by atoms with Gasteiger partial charge in [-0.1, -0.05) is 115 Å². The molecule has 9 aromatic rings. The molecule has 2 nitrogen and oxygen atoms in total. The number of hydrogen-bond donors (Lipinski definition) is 0. The molecular formula is C40H25NOS. The smallest absolute Gasteiger partial charge is 0.159 e. The zero-order valence-electron chi connectivity index (χ0n) is 23.2. The van der Waals surface area contributed by atoms with Crippen LogP contribution < -0.4 is 4.90 Å². The highest BCUT2D eigenvalue weighted by Crippen LogP contribution is 2.47. The van der Waals surface area contributed by atoms with Crippen molar-refractivity contribution in [1.29, 1.82) is 0 Å². The van der Waals surface area contributed by atoms with E-state index in [-0.39, 0.29) is 0 Å². The Morgan fingerprint density at radius 1 is 0.442 bits per heavy atom. The monoisotopic (exact) mass is 567 g/mol. The highest BCUT2D eigenvalue weighted by molar-refractivity contribution is 7.25. The van der Waals surface area contributed by atoms with E-state index in [0.29, 0.717) is 0 Å². The number of nitrogens with zero attached hydrogens (tertiary/aromatic N) is 1. The maximum absolute atomic E-state index is 6.62. The molecule has 0 spiro atoms. The Morgan fingerprint density at radius 3 is 2.05 bits per heavy atom. The summed E-state index contributed by atoms with van der Waals surface area (Å²) in [7, 11) is 0. The van der Waals surface area contributed by atoms with E-state index >= 15 is 0 Å². The number of benzene rings is 7. The zero-order chi connectivity index (χ0) is 28.3. The van der Waals surface area contributed by atoms with Gasteiger partial charge in [0.25, 0.3) is 0 Å². The molecule has 0 bridgehead atoms. The van der Waals surface area contributed by atoms with Gasteiger partial charge in [0, 0.05) is 41.9 Å². The average molecular weight is 568 g/mol. The lowest BCUT2D eigenvalue weighted by atomic mass is 9.99. The summed E-state index contributed by atoms with van der Waals surface area (Å²) in [5, 5.41) is 7.25. The molecule has 0 aliphatic rings. The van der Waals surface area contributed by atoms with Gasteiger partial charge in [0.15, 0.2) is 5.58 Å². The van der Waals surface area contributed by atoms with Crippen molar-refractivity contribution in [3.05, 3.63) is 152 Å². The van der Waals surface area contributed by atoms with Crippen LogP contribution in [0, 0.1) is 0 Å². The van der Waals surface area contributed by atoms with Crippen LogP contribution in [0.3, 0.4) is 0 Å². The number of fused-ring (bicyclic) bond motifs is 7. The minimum atomic E-state index is 0.881. The van der Waals surface area contributed by atoms with E-state index in [4.69, 9.17) is 4.42 Å². The van der Waals surface area contributed by atoms with Crippen molar-refractivity contribution in [2.45, 2.75) is 0 Å². The zero-order valence-corrected chi connectivity index (χ0v) is 24.0. The predicted octanol–water partition coefficient (Wildman–Crippen LogP) is 12.2. The first kappa shape index (κ1) is 24.2. The number of para-hydroxylation sites is 3. The lowest BCUT2D eigenvalue weighted by molar-refractivity contribution is 0.669. The lowest BCUT2D eigenvalue weighted by Gasteiger charge is -2.29. The van der Waals surface area contributed by atoms with Gasteiger partial charge in [-0.2, -0.15) is 0 Å². The summed E-state index contributed by atoms with van der Waals surface area (Å²) in [5.41, 5.74) is 7.37. The van der Waals surface area contributed by atoms with Crippen LogP contribution in [0.25, 0.3) is 64.0 Å². The SMILES string of the molecule is c1ccc(N(c2cccc3ccccc23)c2cccc3c2oc2ccccc23)c(-c2ccc3c(c2)sc2ccccc23)c1. The molecule has 7 aromatic carbocycles. The third-order valence-electron chi connectivity index (χ3n) is 8.47. The highest BCUT2D eigenvalue weighted by atomic mass is 32.1. The quantitative estimate of drug-likeness (QED) is 0.210. The highest BCUT2D eigenvalue weighted by Gasteiger charge is 2.23. The van der Waals surface area contributed by atoms with E-state index in [9.17, 15) is 0 Å². The molecule has 0 aliphatic heterocycles. The summed E-state index contributed by atoms with van der Waals surface area (Å²) in [6.45, 7) is 0. The minimum absolute atomic E-state index is 0.881. The standard InChI is InChI=1S/C40H25NOS/c1-2-13-28-26(11-1)12-9-19-35(28)41(36-20-10-17-33-30-15-4-7-21-37(30)42-40(33)36)34-18-6-3-14-29(34)27-23-24-32-31-16-5-8-22-38(31)43-39(32)25-27/h1-25H. The lowest BCUT2D eigenvalue weighted by Crippen LogP contribution is -2.12. The Labute approximate surface area is 252 Å². The van der Waals surface area contributed by atoms with Gasteiger partial charge >= 0.3 is 0 Å². The van der Waals surface area contributed by atoms with Crippen LogP contribution in [0.15, 0.2) is 156 Å². The molecule has 0 atom stereocenters. The number of thiophene rings is 1. The summed E-state index contributed by atoms with van der Waals surface area (Å²) >= 11 is 1.86. The molecule has 0 amide bonds. The molecule has 202 valence electrons. The van der Waals surface area contributed by atoms with Crippen LogP contribution in [0.4, 0.5) is 17.1 Å². The van der Waals surface area contributed by atoms with Gasteiger partial charge in [0.05, 0.1) is 17.1 Å². The number of furan rings is 1. The average Bonchev–Trinajstić information content (AvgIpc) is 3.64. The first-order valence-electron chi connectivity index (χ1n) is 14.5. The molecule has 0 unspecified atom stereocenters. The van der Waals surface area contributed by atoms with Crippen molar-refractivity contribution in [3.8, 4) is 11.1 Å². The molecule has 0 aliphatic carbocycles. The first-order chi connectivity index (χ1) is 21.3. The molecule has 0 saturated heterocycles. The maximum atomic E-state index is 6.62. The summed E-state index contributed by atoms with van der Waals surface area (Å²) in [6, 6.07) is 54.2. The second-order valence-electron chi connectivity index (χ2n) is 10.9. The van der Waals surface area contributed by atoms with Gasteiger partial charge in [0.1, 0.15) is 5.58 Å². The van der Waals surface area contributed by atoms with Crippen molar-refractivity contribution < 1.29 is 4.42 Å². The van der Waals surface area contributed by atoms with Crippen LogP contribution >= 0.6 is 11.3 Å². The third-order valence-corrected chi connectivity index (χ3v) is 9.60. The van der Waals surface area contributed by atoms with E-state index in [0.717, 1.165) is 39.0 Å². The van der Waals surface area contributed by atoms with Crippen LogP contribution in [-0.4, -0.2) is 0 Å². The third kappa shape index (κ3) is 3.79. The Hall–Kier alpha value is -5.38. The van der Waals surface area contributed by atoms with Gasteiger partial charge < -0.3 is 9.32 Å². The Morgan fingerprint density at radius 2 is 1.09 bits per heavy atom. The molecule has 43 heavy (non-hydrogen) atoms. The first-order valence-corrected chi connectivity index (χ1v) is 15.3. The van der Waals surface area contributed by atoms with E-state index < -0.39 is 0 Å². The topological polar surface area (TPSA) is 16.4 Å². The summed E-state index contributed by atoms with van der Waals surface area (Å²) in [5.74, 6) is 0. The number of hydrogen-bond acceptors (Lipinski definition) is 3. The molecule has 9 rings (SSSR count). The molecule has 0 N–H and O–H groups in total. The molecule has 0 radical (unpaired) electrons. The Bertz CT molecular complexity index is 2480. The molecule has 0 saturated carbocycles. The van der Waals surface area contributed by atoms with E-state index in [1.807, 2.05) is 17.4 Å². The van der Waals surface area contributed by atoms with E-state index in [2.05, 4.69) is 150 Å². The Balaban J connectivity index is 1.34. The molecule has 2 aromatic heterocycles. The fourth-order valence-corrected chi connectivity index (χ4v) is 7.65. The van der Waals surface area contributed by atoms with Crippen LogP contribution in [0.5, 0.6) is 0 Å². The summed E-state index contributed by atoms with van der Waals surface area (Å²) < 4.78 is 9.23. The van der Waals surface area contributed by atoms with Gasteiger partial charge in [0.2, 0.25) is 0 Å². The summed E-state index contributed by atoms with van der Waals surface area (Å²) in [4.78, 5) is 2.39. The molecule has 2 heterocycles. The Kier molecular flexibility index (Phi) is 5.40. The van der Waals surface area contributed by atoms with Gasteiger partial charge in [-0.15, -0.1) is 11.3 Å². The van der Waals surface area contributed by atoms with Gasteiger partial charge in [-0.3, -0.25) is 0 Å². The van der Waals surface area contributed by atoms with Gasteiger partial charge in [-0.25, -0.2) is 0 Å². The molecular weight excluding hydrogens is 543 g/mol. The maximum Gasteiger partial charge on any atom is 0.159 e. The fraction of sp³-hybridized carbons (Fsp3) is 0. The van der Waals surface area contributed by atoms with Crippen LogP contribution in [0.2, 0.25) is 0 Å². The normalized spacial score (nSPS) is 11.7. The van der Waals surface area contributed by atoms with Crippen molar-refractivity contribution in [3.63, 3.8) is 0 Å². The summed E-state index contributed by atoms with van der Waals surface area (Å²) in [6.07, 6.45) is 0. The van der Waals surface area contributed by atoms with Gasteiger partial charge in [-0.05, 0) is 47.3 Å². The molecule has 0 fully saturated rings. The number of rotatable bonds is 4. The van der Waals surface area contributed by atoms with Crippen molar-refractivity contribution >= 4 is 81.3 Å². The van der Waals surface area contributed by atoms with Crippen molar-refractivity contribution in [2.75, 3.05) is 4.90 Å². The van der Waals surface area contributed by atoms with Crippen molar-refractivity contribution in [2.24, 2.45) is 0 Å². The number of anilines is 3. The van der Waals surface area contributed by atoms with E-state index in [1.165, 1.54) is 42.1 Å². The second-order valence-corrected chi connectivity index (χ2v) is 12.0. The minimum Gasteiger partial charge on any atom is -0.454 e.